The van der Waals surface area contributed by atoms with Crippen LogP contribution >= 0.6 is 23.5 Å². The van der Waals surface area contributed by atoms with Crippen LogP contribution in [0.5, 0.6) is 0 Å². The topological polar surface area (TPSA) is 31.2 Å². The normalized spacial score (nSPS) is 31.9. The average Bonchev–Trinajstić information content (AvgIpc) is 3.12. The summed E-state index contributed by atoms with van der Waals surface area (Å²) < 4.78 is 0. The maximum atomic E-state index is 4.92. The number of likely N-dealkylation sites (N-methyl/N-ethyl adjacent to an activating group) is 1. The van der Waals surface area contributed by atoms with Crippen molar-refractivity contribution in [2.45, 2.75) is 37.8 Å². The van der Waals surface area contributed by atoms with Crippen molar-refractivity contribution in [3.63, 3.8) is 0 Å². The third-order valence-electron chi connectivity index (χ3n) is 4.48. The summed E-state index contributed by atoms with van der Waals surface area (Å²) in [5, 5.41) is 4.74. The van der Waals surface area contributed by atoms with Crippen molar-refractivity contribution in [2.75, 3.05) is 25.9 Å². The number of nitrogens with zero attached hydrogens (tertiary/aromatic N) is 4. The first kappa shape index (κ1) is 13.1. The highest BCUT2D eigenvalue weighted by Crippen LogP contribution is 2.41. The molecule has 4 rings (SSSR count). The Hall–Kier alpha value is -0.620. The molecular formula is C14H20N4S2. The number of hydrogen-bond donors (Lipinski definition) is 0. The molecule has 3 aliphatic heterocycles. The van der Waals surface area contributed by atoms with E-state index in [4.69, 9.17) is 4.99 Å². The number of rotatable bonds is 2. The zero-order valence-corrected chi connectivity index (χ0v) is 13.4. The van der Waals surface area contributed by atoms with Crippen molar-refractivity contribution in [2.24, 2.45) is 9.98 Å². The van der Waals surface area contributed by atoms with E-state index in [0.717, 1.165) is 18.8 Å². The molecule has 0 aromatic carbocycles. The second kappa shape index (κ2) is 5.30. The molecule has 1 saturated carbocycles. The molecule has 0 aromatic heterocycles. The monoisotopic (exact) mass is 308 g/mol. The van der Waals surface area contributed by atoms with Gasteiger partial charge in [-0.1, -0.05) is 36.4 Å². The zero-order chi connectivity index (χ0) is 13.5. The van der Waals surface area contributed by atoms with E-state index in [0.29, 0.717) is 12.1 Å². The molecule has 2 atom stereocenters. The molecular weight excluding hydrogens is 288 g/mol. The quantitative estimate of drug-likeness (QED) is 0.785. The van der Waals surface area contributed by atoms with Crippen molar-refractivity contribution in [1.29, 1.82) is 0 Å². The first-order chi connectivity index (χ1) is 9.83. The molecule has 6 heteroatoms. The average molecular weight is 308 g/mol. The van der Waals surface area contributed by atoms with Gasteiger partial charge in [0.25, 0.3) is 0 Å². The lowest BCUT2D eigenvalue weighted by atomic mass is 9.91. The highest BCUT2D eigenvalue weighted by molar-refractivity contribution is 8.17. The molecule has 1 fully saturated rings. The molecule has 0 radical (unpaired) electrons. The lowest BCUT2D eigenvalue weighted by Crippen LogP contribution is -2.39. The predicted molar refractivity (Wildman–Crippen MR) is 88.4 cm³/mol. The Bertz CT molecular complexity index is 499. The van der Waals surface area contributed by atoms with Gasteiger partial charge in [0, 0.05) is 25.0 Å². The van der Waals surface area contributed by atoms with E-state index in [9.17, 15) is 0 Å². The van der Waals surface area contributed by atoms with Gasteiger partial charge in [-0.15, -0.1) is 0 Å². The van der Waals surface area contributed by atoms with Crippen molar-refractivity contribution in [3.05, 3.63) is 11.1 Å². The Labute approximate surface area is 128 Å². The van der Waals surface area contributed by atoms with Crippen molar-refractivity contribution < 1.29 is 0 Å². The molecule has 4 nitrogen and oxygen atoms in total. The fourth-order valence-electron chi connectivity index (χ4n) is 3.40. The maximum absolute atomic E-state index is 4.92. The van der Waals surface area contributed by atoms with Gasteiger partial charge in [0.05, 0.1) is 18.6 Å². The minimum Gasteiger partial charge on any atom is -0.353 e. The summed E-state index contributed by atoms with van der Waals surface area (Å²) in [6.45, 7) is 2.02. The number of fused-ring (bicyclic) bond motifs is 3. The summed E-state index contributed by atoms with van der Waals surface area (Å²) in [6, 6.07) is 1.20. The molecule has 0 spiro atoms. The van der Waals surface area contributed by atoms with Gasteiger partial charge in [-0.25, -0.2) is 0 Å². The lowest BCUT2D eigenvalue weighted by Gasteiger charge is -2.32. The molecule has 4 aliphatic rings. The zero-order valence-electron chi connectivity index (χ0n) is 11.8. The van der Waals surface area contributed by atoms with Gasteiger partial charge >= 0.3 is 0 Å². The molecule has 0 aromatic rings. The summed E-state index contributed by atoms with van der Waals surface area (Å²) in [7, 11) is 2.14. The summed E-state index contributed by atoms with van der Waals surface area (Å²) in [5.41, 5.74) is 1.44. The number of aliphatic imine (C=N–C) groups is 2. The SMILES string of the molecule is CN1CCN=C1SCC1=CSC2=N[C@H]3CCCC[C@H]3N12. The van der Waals surface area contributed by atoms with E-state index >= 15 is 0 Å². The van der Waals surface area contributed by atoms with E-state index in [1.54, 1.807) is 0 Å². The fraction of sp³-hybridized carbons (Fsp3) is 0.714. The fourth-order valence-corrected chi connectivity index (χ4v) is 5.50. The van der Waals surface area contributed by atoms with E-state index in [1.807, 2.05) is 23.5 Å². The minimum atomic E-state index is 0.562. The maximum Gasteiger partial charge on any atom is 0.168 e. The smallest absolute Gasteiger partial charge is 0.168 e. The van der Waals surface area contributed by atoms with Crippen LogP contribution in [-0.4, -0.2) is 58.1 Å². The van der Waals surface area contributed by atoms with Crippen LogP contribution in [0.4, 0.5) is 0 Å². The third kappa shape index (κ3) is 2.17. The van der Waals surface area contributed by atoms with Crippen LogP contribution in [0, 0.1) is 0 Å². The first-order valence-electron chi connectivity index (χ1n) is 7.44. The van der Waals surface area contributed by atoms with Gasteiger partial charge in [-0.05, 0) is 18.2 Å². The van der Waals surface area contributed by atoms with E-state index in [2.05, 4.69) is 27.2 Å². The molecule has 108 valence electrons. The van der Waals surface area contributed by atoms with Crippen LogP contribution in [0.25, 0.3) is 0 Å². The molecule has 0 bridgehead atoms. The van der Waals surface area contributed by atoms with Gasteiger partial charge in [-0.2, -0.15) is 0 Å². The highest BCUT2D eigenvalue weighted by Gasteiger charge is 2.41. The Morgan fingerprint density at radius 2 is 2.30 bits per heavy atom. The number of amidine groups is 2. The lowest BCUT2D eigenvalue weighted by molar-refractivity contribution is 0.285. The Balaban J connectivity index is 1.43. The molecule has 0 amide bonds. The summed E-state index contributed by atoms with van der Waals surface area (Å²) in [6.07, 6.45) is 5.30. The molecule has 3 heterocycles. The standard InChI is InChI=1S/C14H20N4S2/c1-17-7-6-15-13(17)19-8-10-9-20-14-16-11-4-2-3-5-12(11)18(10)14/h9,11-12H,2-8H2,1H3/t11-,12+/m0/s1. The van der Waals surface area contributed by atoms with Gasteiger partial charge in [-0.3, -0.25) is 9.98 Å². The summed E-state index contributed by atoms with van der Waals surface area (Å²) in [5.74, 6) is 1.03. The van der Waals surface area contributed by atoms with Crippen molar-refractivity contribution in [3.8, 4) is 0 Å². The van der Waals surface area contributed by atoms with Crippen LogP contribution in [0.15, 0.2) is 21.1 Å². The van der Waals surface area contributed by atoms with Crippen LogP contribution < -0.4 is 0 Å². The van der Waals surface area contributed by atoms with Crippen LogP contribution in [0.1, 0.15) is 25.7 Å². The number of thioether (sulfide) groups is 2. The first-order valence-corrected chi connectivity index (χ1v) is 9.30. The molecule has 0 unspecified atom stereocenters. The second-order valence-electron chi connectivity index (χ2n) is 5.80. The van der Waals surface area contributed by atoms with Crippen LogP contribution in [-0.2, 0) is 0 Å². The Morgan fingerprint density at radius 3 is 3.15 bits per heavy atom. The van der Waals surface area contributed by atoms with E-state index in [-0.39, 0.29) is 0 Å². The molecule has 20 heavy (non-hydrogen) atoms. The minimum absolute atomic E-state index is 0.562. The van der Waals surface area contributed by atoms with Gasteiger partial charge in [0.2, 0.25) is 0 Å². The molecule has 1 aliphatic carbocycles. The number of hydrogen-bond acceptors (Lipinski definition) is 6. The van der Waals surface area contributed by atoms with Crippen LogP contribution in [0.3, 0.4) is 0 Å². The summed E-state index contributed by atoms with van der Waals surface area (Å²) >= 11 is 3.69. The second-order valence-corrected chi connectivity index (χ2v) is 7.58. The van der Waals surface area contributed by atoms with Gasteiger partial charge in [0.1, 0.15) is 0 Å². The third-order valence-corrected chi connectivity index (χ3v) is 6.52. The molecule has 0 N–H and O–H groups in total. The van der Waals surface area contributed by atoms with Crippen molar-refractivity contribution in [1.82, 2.24) is 9.80 Å². The van der Waals surface area contributed by atoms with E-state index < -0.39 is 0 Å². The van der Waals surface area contributed by atoms with Crippen molar-refractivity contribution >= 4 is 33.9 Å². The predicted octanol–water partition coefficient (Wildman–Crippen LogP) is 2.59. The van der Waals surface area contributed by atoms with Gasteiger partial charge in [0.15, 0.2) is 10.3 Å². The summed E-state index contributed by atoms with van der Waals surface area (Å²) in [4.78, 5) is 14.3. The molecule has 0 saturated heterocycles. The van der Waals surface area contributed by atoms with E-state index in [1.165, 1.54) is 41.7 Å². The van der Waals surface area contributed by atoms with Gasteiger partial charge < -0.3 is 9.80 Å². The Morgan fingerprint density at radius 1 is 1.40 bits per heavy atom. The largest absolute Gasteiger partial charge is 0.353 e. The van der Waals surface area contributed by atoms with Crippen LogP contribution in [0.2, 0.25) is 0 Å². The highest BCUT2D eigenvalue weighted by atomic mass is 32.2. The Kier molecular flexibility index (Phi) is 3.46.